The third-order valence-electron chi connectivity index (χ3n) is 5.81. The lowest BCUT2D eigenvalue weighted by Crippen LogP contribution is -2.26. The van der Waals surface area contributed by atoms with Crippen molar-refractivity contribution in [2.75, 3.05) is 10.3 Å². The zero-order valence-corrected chi connectivity index (χ0v) is 18.8. The van der Waals surface area contributed by atoms with Gasteiger partial charge >= 0.3 is 5.97 Å². The number of carbonyl (C=O) groups excluding carboxylic acids is 1. The molecule has 7 nitrogen and oxygen atoms in total. The van der Waals surface area contributed by atoms with Crippen LogP contribution in [-0.2, 0) is 4.79 Å². The standard InChI is InChI=1S/C28H21N3O4/c1-17-7-4-10-20(15-17)31-24-14-3-2-11-22(24)25(27(31)33)30-29-23-13-6-12-21(26(23)32)18-8-5-9-19(16-18)28(34)35/h2-16,29,32H,1H3,(H,34,35). The summed E-state index contributed by atoms with van der Waals surface area (Å²) in [7, 11) is 0. The first-order valence-electron chi connectivity index (χ1n) is 10.9. The second-order valence-corrected chi connectivity index (χ2v) is 8.16. The molecule has 0 fully saturated rings. The van der Waals surface area contributed by atoms with Crippen LogP contribution >= 0.6 is 0 Å². The van der Waals surface area contributed by atoms with Crippen LogP contribution in [0.15, 0.2) is 96.1 Å². The second-order valence-electron chi connectivity index (χ2n) is 8.16. The fourth-order valence-corrected chi connectivity index (χ4v) is 4.13. The summed E-state index contributed by atoms with van der Waals surface area (Å²) in [6.07, 6.45) is 0. The summed E-state index contributed by atoms with van der Waals surface area (Å²) < 4.78 is 0. The van der Waals surface area contributed by atoms with Gasteiger partial charge in [0.25, 0.3) is 5.91 Å². The Morgan fingerprint density at radius 1 is 0.886 bits per heavy atom. The smallest absolute Gasteiger partial charge is 0.335 e. The normalized spacial score (nSPS) is 13.7. The molecule has 0 aromatic heterocycles. The summed E-state index contributed by atoms with van der Waals surface area (Å²) in [5.74, 6) is -1.44. The van der Waals surface area contributed by atoms with E-state index in [1.165, 1.54) is 12.1 Å². The molecule has 5 rings (SSSR count). The highest BCUT2D eigenvalue weighted by Crippen LogP contribution is 2.38. The van der Waals surface area contributed by atoms with Gasteiger partial charge in [-0.3, -0.25) is 15.1 Å². The van der Waals surface area contributed by atoms with Crippen molar-refractivity contribution in [1.29, 1.82) is 0 Å². The van der Waals surface area contributed by atoms with Crippen LogP contribution < -0.4 is 10.3 Å². The molecule has 3 N–H and O–H groups in total. The molecule has 35 heavy (non-hydrogen) atoms. The van der Waals surface area contributed by atoms with E-state index in [1.807, 2.05) is 55.5 Å². The third kappa shape index (κ3) is 4.00. The number of anilines is 3. The molecular weight excluding hydrogens is 442 g/mol. The number of fused-ring (bicyclic) bond motifs is 1. The summed E-state index contributed by atoms with van der Waals surface area (Å²) in [4.78, 5) is 26.4. The van der Waals surface area contributed by atoms with Crippen molar-refractivity contribution in [2.24, 2.45) is 5.10 Å². The van der Waals surface area contributed by atoms with E-state index in [2.05, 4.69) is 10.5 Å². The molecule has 1 heterocycles. The number of phenols is 1. The number of hydrogen-bond donors (Lipinski definition) is 3. The van der Waals surface area contributed by atoms with Crippen molar-refractivity contribution < 1.29 is 19.8 Å². The minimum absolute atomic E-state index is 0.103. The van der Waals surface area contributed by atoms with Gasteiger partial charge in [0.15, 0.2) is 5.71 Å². The average molecular weight is 463 g/mol. The zero-order chi connectivity index (χ0) is 24.5. The molecule has 4 aromatic carbocycles. The molecule has 0 saturated heterocycles. The number of aromatic carboxylic acids is 1. The summed E-state index contributed by atoms with van der Waals surface area (Å²) >= 11 is 0. The van der Waals surface area contributed by atoms with Gasteiger partial charge in [-0.1, -0.05) is 54.6 Å². The van der Waals surface area contributed by atoms with E-state index >= 15 is 0 Å². The fourth-order valence-electron chi connectivity index (χ4n) is 4.13. The van der Waals surface area contributed by atoms with Crippen molar-refractivity contribution in [3.8, 4) is 16.9 Å². The number of carboxylic acid groups (broad SMARTS) is 1. The van der Waals surface area contributed by atoms with E-state index in [-0.39, 0.29) is 28.6 Å². The third-order valence-corrected chi connectivity index (χ3v) is 5.81. The molecule has 172 valence electrons. The Morgan fingerprint density at radius 2 is 1.63 bits per heavy atom. The number of hydrogen-bond acceptors (Lipinski definition) is 5. The Kier molecular flexibility index (Phi) is 5.51. The van der Waals surface area contributed by atoms with Crippen LogP contribution in [0.3, 0.4) is 0 Å². The molecule has 4 aromatic rings. The molecule has 0 atom stereocenters. The maximum Gasteiger partial charge on any atom is 0.335 e. The Labute approximate surface area is 201 Å². The van der Waals surface area contributed by atoms with Gasteiger partial charge in [0.05, 0.1) is 16.9 Å². The first kappa shape index (κ1) is 21.9. The van der Waals surface area contributed by atoms with Gasteiger partial charge in [0.1, 0.15) is 5.75 Å². The van der Waals surface area contributed by atoms with Crippen LogP contribution in [0.5, 0.6) is 5.75 Å². The first-order valence-corrected chi connectivity index (χ1v) is 10.9. The van der Waals surface area contributed by atoms with E-state index < -0.39 is 5.97 Å². The highest BCUT2D eigenvalue weighted by Gasteiger charge is 2.35. The summed E-state index contributed by atoms with van der Waals surface area (Å²) in [6.45, 7) is 1.97. The highest BCUT2D eigenvalue weighted by atomic mass is 16.4. The molecule has 1 aliphatic rings. The molecule has 0 radical (unpaired) electrons. The number of carboxylic acids is 1. The second kappa shape index (κ2) is 8.79. The molecule has 1 amide bonds. The van der Waals surface area contributed by atoms with Gasteiger partial charge in [-0.2, -0.15) is 5.10 Å². The number of phenolic OH excluding ortho intramolecular Hbond substituents is 1. The maximum absolute atomic E-state index is 13.4. The van der Waals surface area contributed by atoms with Gasteiger partial charge in [0, 0.05) is 16.8 Å². The topological polar surface area (TPSA) is 102 Å². The van der Waals surface area contributed by atoms with Crippen LogP contribution in [-0.4, -0.2) is 27.8 Å². The van der Waals surface area contributed by atoms with Crippen LogP contribution in [0.4, 0.5) is 17.1 Å². The number of hydrazone groups is 1. The van der Waals surface area contributed by atoms with Crippen LogP contribution in [0.25, 0.3) is 11.1 Å². The minimum atomic E-state index is -1.05. The van der Waals surface area contributed by atoms with E-state index in [0.717, 1.165) is 16.9 Å². The maximum atomic E-state index is 13.4. The number of aromatic hydroxyl groups is 1. The highest BCUT2D eigenvalue weighted by molar-refractivity contribution is 6.55. The van der Waals surface area contributed by atoms with Gasteiger partial charge in [-0.25, -0.2) is 4.79 Å². The lowest BCUT2D eigenvalue weighted by molar-refractivity contribution is -0.111. The molecule has 0 unspecified atom stereocenters. The summed E-state index contributed by atoms with van der Waals surface area (Å²) in [5, 5.41) is 24.6. The predicted molar refractivity (Wildman–Crippen MR) is 135 cm³/mol. The lowest BCUT2D eigenvalue weighted by Gasteiger charge is -2.17. The number of amides is 1. The Hall–Kier alpha value is -4.91. The number of carbonyl (C=O) groups is 2. The molecular formula is C28H21N3O4. The summed E-state index contributed by atoms with van der Waals surface area (Å²) in [6, 6.07) is 26.4. The lowest BCUT2D eigenvalue weighted by atomic mass is 10.0. The number of nitrogens with zero attached hydrogens (tertiary/aromatic N) is 2. The predicted octanol–water partition coefficient (Wildman–Crippen LogP) is 5.56. The first-order chi connectivity index (χ1) is 16.9. The molecule has 0 saturated carbocycles. The van der Waals surface area contributed by atoms with Crippen LogP contribution in [0.1, 0.15) is 21.5 Å². The molecule has 0 aliphatic carbocycles. The average Bonchev–Trinajstić information content (AvgIpc) is 3.14. The SMILES string of the molecule is Cc1cccc(N2C(=O)C(=NNc3cccc(-c4cccc(C(=O)O)c4)c3O)c3ccccc32)c1. The van der Waals surface area contributed by atoms with Gasteiger partial charge < -0.3 is 10.2 Å². The number of para-hydroxylation sites is 2. The van der Waals surface area contributed by atoms with Gasteiger partial charge in [-0.15, -0.1) is 0 Å². The zero-order valence-electron chi connectivity index (χ0n) is 18.8. The van der Waals surface area contributed by atoms with E-state index in [4.69, 9.17) is 0 Å². The van der Waals surface area contributed by atoms with Crippen molar-refractivity contribution in [3.05, 3.63) is 108 Å². The van der Waals surface area contributed by atoms with Gasteiger partial charge in [-0.05, 0) is 54.4 Å². The van der Waals surface area contributed by atoms with E-state index in [9.17, 15) is 19.8 Å². The molecule has 0 spiro atoms. The van der Waals surface area contributed by atoms with Crippen molar-refractivity contribution in [2.45, 2.75) is 6.92 Å². The largest absolute Gasteiger partial charge is 0.505 e. The molecule has 0 bridgehead atoms. The quantitative estimate of drug-likeness (QED) is 0.266. The molecule has 7 heteroatoms. The van der Waals surface area contributed by atoms with Crippen molar-refractivity contribution in [1.82, 2.24) is 0 Å². The Bertz CT molecular complexity index is 1510. The molecule has 1 aliphatic heterocycles. The number of benzene rings is 4. The number of aryl methyl sites for hydroxylation is 1. The van der Waals surface area contributed by atoms with Crippen LogP contribution in [0.2, 0.25) is 0 Å². The van der Waals surface area contributed by atoms with Gasteiger partial charge in [0.2, 0.25) is 0 Å². The van der Waals surface area contributed by atoms with E-state index in [0.29, 0.717) is 16.7 Å². The fraction of sp³-hybridized carbons (Fsp3) is 0.0357. The minimum Gasteiger partial charge on any atom is -0.505 e. The number of rotatable bonds is 5. The Morgan fingerprint density at radius 3 is 2.43 bits per heavy atom. The van der Waals surface area contributed by atoms with Crippen LogP contribution in [0, 0.1) is 6.92 Å². The van der Waals surface area contributed by atoms with E-state index in [1.54, 1.807) is 35.2 Å². The monoisotopic (exact) mass is 463 g/mol. The summed E-state index contributed by atoms with van der Waals surface area (Å²) in [5.41, 5.74) is 7.63. The van der Waals surface area contributed by atoms with Crippen molar-refractivity contribution in [3.63, 3.8) is 0 Å². The Balaban J connectivity index is 1.51. The number of nitrogens with one attached hydrogen (secondary N) is 1. The van der Waals surface area contributed by atoms with Crippen molar-refractivity contribution >= 4 is 34.7 Å².